The van der Waals surface area contributed by atoms with Gasteiger partial charge in [-0.3, -0.25) is 0 Å². The van der Waals surface area contributed by atoms with Gasteiger partial charge < -0.3 is 0 Å². The summed E-state index contributed by atoms with van der Waals surface area (Å²) in [6.07, 6.45) is 0. The average Bonchev–Trinajstić information content (AvgIpc) is 2.05. The Morgan fingerprint density at radius 3 is 2.46 bits per heavy atom. The predicted octanol–water partition coefficient (Wildman–Crippen LogP) is 1.15. The summed E-state index contributed by atoms with van der Waals surface area (Å²) < 4.78 is 8.94. The standard InChI is InChI=1S/C4H9O.C3H8NO.2CH3.Sn/c1-3-5-4-2;1-4-2-3-5;;;/h1,3-4H2,2H3;5H,2-3H2,1H3;2*1H3;/q;-1;;;+1. The number of likely N-dealkylation sites (N-methyl/N-ethyl adjacent to an activating group) is 1. The third kappa shape index (κ3) is 5.88. The van der Waals surface area contributed by atoms with Crippen LogP contribution in [0.3, 0.4) is 0 Å². The summed E-state index contributed by atoms with van der Waals surface area (Å²) >= 11 is -2.05. The van der Waals surface area contributed by atoms with Gasteiger partial charge in [0, 0.05) is 0 Å². The van der Waals surface area contributed by atoms with Gasteiger partial charge in [-0.05, 0) is 0 Å². The van der Waals surface area contributed by atoms with Crippen LogP contribution in [0, 0.1) is 0 Å². The fourth-order valence-corrected chi connectivity index (χ4v) is 6.05. The quantitative estimate of drug-likeness (QED) is 0.565. The van der Waals surface area contributed by atoms with Crippen molar-refractivity contribution in [1.29, 1.82) is 0 Å². The minimum atomic E-state index is -2.05. The summed E-state index contributed by atoms with van der Waals surface area (Å²) in [5.41, 5.74) is 0. The Hall–Kier alpha value is 0.679. The number of hydrogen-bond donors (Lipinski definition) is 1. The van der Waals surface area contributed by atoms with E-state index in [1.54, 1.807) is 0 Å². The number of aliphatic hydroxyl groups excluding tert-OH is 1. The molecule has 0 aliphatic rings. The molecule has 0 unspecified atom stereocenters. The van der Waals surface area contributed by atoms with Crippen LogP contribution in [0.15, 0.2) is 0 Å². The van der Waals surface area contributed by atoms with Crippen LogP contribution in [0.5, 0.6) is 0 Å². The molecule has 0 bridgehead atoms. The molecule has 0 aromatic carbocycles. The molecule has 0 aliphatic heterocycles. The summed E-state index contributed by atoms with van der Waals surface area (Å²) in [5, 5.41) is 8.83. The minimum absolute atomic E-state index is 0.269. The average molecular weight is 296 g/mol. The van der Waals surface area contributed by atoms with E-state index in [0.29, 0.717) is 0 Å². The SMILES string of the molecule is CCOC[CH2][Sn]([CH3])([CH3])[N](C)CCO. The molecule has 13 heavy (non-hydrogen) atoms. The van der Waals surface area contributed by atoms with Gasteiger partial charge in [-0.15, -0.1) is 0 Å². The van der Waals surface area contributed by atoms with E-state index in [-0.39, 0.29) is 6.61 Å². The van der Waals surface area contributed by atoms with Gasteiger partial charge in [-0.25, -0.2) is 0 Å². The number of nitrogens with zero attached hydrogens (tertiary/aromatic N) is 1. The van der Waals surface area contributed by atoms with E-state index in [1.807, 2.05) is 6.92 Å². The number of ether oxygens (including phenoxy) is 1. The summed E-state index contributed by atoms with van der Waals surface area (Å²) in [5.74, 6) is 0. The molecular formula is C9H23NO2Sn. The van der Waals surface area contributed by atoms with Crippen molar-refractivity contribution in [3.8, 4) is 0 Å². The van der Waals surface area contributed by atoms with Crippen molar-refractivity contribution in [2.75, 3.05) is 33.4 Å². The molecule has 3 nitrogen and oxygen atoms in total. The molecule has 0 aromatic rings. The summed E-state index contributed by atoms with van der Waals surface area (Å²) in [6, 6.07) is 0. The monoisotopic (exact) mass is 297 g/mol. The molecule has 0 fully saturated rings. The van der Waals surface area contributed by atoms with Gasteiger partial charge >= 0.3 is 86.3 Å². The van der Waals surface area contributed by atoms with Gasteiger partial charge in [-0.2, -0.15) is 0 Å². The Labute approximate surface area is 86.3 Å². The predicted molar refractivity (Wildman–Crippen MR) is 58.5 cm³/mol. The van der Waals surface area contributed by atoms with E-state index in [9.17, 15) is 0 Å². The third-order valence-corrected chi connectivity index (χ3v) is 13.1. The molecule has 0 aromatic heterocycles. The Morgan fingerprint density at radius 2 is 2.00 bits per heavy atom. The van der Waals surface area contributed by atoms with Gasteiger partial charge in [0.25, 0.3) is 0 Å². The van der Waals surface area contributed by atoms with E-state index in [1.165, 1.54) is 4.44 Å². The molecule has 0 heterocycles. The topological polar surface area (TPSA) is 32.7 Å². The van der Waals surface area contributed by atoms with Crippen molar-refractivity contribution < 1.29 is 9.84 Å². The third-order valence-electron chi connectivity index (χ3n) is 2.53. The molecule has 0 saturated carbocycles. The van der Waals surface area contributed by atoms with Crippen molar-refractivity contribution in [2.24, 2.45) is 0 Å². The fraction of sp³-hybridized carbons (Fsp3) is 1.00. The van der Waals surface area contributed by atoms with Gasteiger partial charge in [0.05, 0.1) is 0 Å². The molecule has 0 amide bonds. The van der Waals surface area contributed by atoms with Crippen LogP contribution in [0.4, 0.5) is 0 Å². The normalized spacial score (nSPS) is 12.5. The second-order valence-corrected chi connectivity index (χ2v) is 17.9. The number of rotatable bonds is 7. The first-order chi connectivity index (χ1) is 6.04. The second-order valence-electron chi connectivity index (χ2n) is 3.90. The van der Waals surface area contributed by atoms with E-state index in [0.717, 1.165) is 19.8 Å². The molecule has 0 atom stereocenters. The van der Waals surface area contributed by atoms with Gasteiger partial charge in [-0.1, -0.05) is 0 Å². The van der Waals surface area contributed by atoms with Crippen LogP contribution in [0.25, 0.3) is 0 Å². The maximum atomic E-state index is 8.83. The van der Waals surface area contributed by atoms with Gasteiger partial charge in [0.1, 0.15) is 0 Å². The second kappa shape index (κ2) is 7.03. The molecular weight excluding hydrogens is 273 g/mol. The van der Waals surface area contributed by atoms with E-state index in [4.69, 9.17) is 9.84 Å². The van der Waals surface area contributed by atoms with Crippen LogP contribution in [-0.2, 0) is 4.74 Å². The van der Waals surface area contributed by atoms with Crippen LogP contribution >= 0.6 is 0 Å². The van der Waals surface area contributed by atoms with E-state index >= 15 is 0 Å². The van der Waals surface area contributed by atoms with Gasteiger partial charge in [0.15, 0.2) is 0 Å². The molecule has 0 aliphatic carbocycles. The maximum absolute atomic E-state index is 8.83. The van der Waals surface area contributed by atoms with Crippen LogP contribution in [-0.4, -0.2) is 60.3 Å². The number of hydrogen-bond acceptors (Lipinski definition) is 3. The molecule has 0 rings (SSSR count). The summed E-state index contributed by atoms with van der Waals surface area (Å²) in [4.78, 5) is 4.76. The van der Waals surface area contributed by atoms with Crippen molar-refractivity contribution in [3.63, 3.8) is 0 Å². The van der Waals surface area contributed by atoms with E-state index < -0.39 is 18.7 Å². The Kier molecular flexibility index (Phi) is 7.40. The van der Waals surface area contributed by atoms with Crippen molar-refractivity contribution in [1.82, 2.24) is 3.12 Å². The molecule has 80 valence electrons. The molecule has 0 spiro atoms. The van der Waals surface area contributed by atoms with Crippen molar-refractivity contribution >= 4 is 18.7 Å². The Balaban J connectivity index is 3.76. The molecule has 0 saturated heterocycles. The zero-order chi connectivity index (χ0) is 10.3. The first kappa shape index (κ1) is 13.7. The van der Waals surface area contributed by atoms with Crippen molar-refractivity contribution in [2.45, 2.75) is 21.2 Å². The van der Waals surface area contributed by atoms with Crippen LogP contribution < -0.4 is 0 Å². The van der Waals surface area contributed by atoms with Crippen LogP contribution in [0.2, 0.25) is 14.3 Å². The first-order valence-corrected chi connectivity index (χ1v) is 13.9. The summed E-state index contributed by atoms with van der Waals surface area (Å²) in [7, 11) is 2.12. The van der Waals surface area contributed by atoms with E-state index in [2.05, 4.69) is 20.0 Å². The first-order valence-electron chi connectivity index (χ1n) is 4.94. The molecule has 0 radical (unpaired) electrons. The summed E-state index contributed by atoms with van der Waals surface area (Å²) in [6.45, 7) is 4.81. The molecule has 4 heteroatoms. The Bertz CT molecular complexity index is 131. The zero-order valence-electron chi connectivity index (χ0n) is 9.34. The zero-order valence-corrected chi connectivity index (χ0v) is 12.2. The van der Waals surface area contributed by atoms with Gasteiger partial charge in [0.2, 0.25) is 0 Å². The fourth-order valence-electron chi connectivity index (χ4n) is 1.11. The number of aliphatic hydroxyl groups is 1. The van der Waals surface area contributed by atoms with Crippen molar-refractivity contribution in [3.05, 3.63) is 0 Å². The molecule has 1 N–H and O–H groups in total. The van der Waals surface area contributed by atoms with Crippen LogP contribution in [0.1, 0.15) is 6.92 Å². The Morgan fingerprint density at radius 1 is 1.38 bits per heavy atom.